The summed E-state index contributed by atoms with van der Waals surface area (Å²) in [6.45, 7) is 9.23. The van der Waals surface area contributed by atoms with Crippen molar-refractivity contribution in [3.05, 3.63) is 27.8 Å². The molecule has 2 rings (SSSR count). The normalized spacial score (nSPS) is 18.1. The Morgan fingerprint density at radius 1 is 1.12 bits per heavy atom. The maximum absolute atomic E-state index is 2.55. The van der Waals surface area contributed by atoms with Crippen LogP contribution >= 0.6 is 22.6 Å². The Labute approximate surface area is 112 Å². The highest BCUT2D eigenvalue weighted by Crippen LogP contribution is 2.19. The smallest absolute Gasteiger partial charge is 0.0377 e. The number of halogens is 1. The molecular formula is C13H19IN2. The minimum atomic E-state index is 0.679. The zero-order chi connectivity index (χ0) is 11.5. The lowest BCUT2D eigenvalue weighted by Crippen LogP contribution is -2.48. The SMILES string of the molecule is CC(C)N1CCN(c2cccc(I)c2)CC1. The monoisotopic (exact) mass is 330 g/mol. The fraction of sp³-hybridized carbons (Fsp3) is 0.538. The summed E-state index contributed by atoms with van der Waals surface area (Å²) < 4.78 is 1.32. The van der Waals surface area contributed by atoms with Crippen molar-refractivity contribution < 1.29 is 0 Å². The van der Waals surface area contributed by atoms with Crippen LogP contribution in [0.15, 0.2) is 24.3 Å². The number of rotatable bonds is 2. The third-order valence-corrected chi connectivity index (χ3v) is 3.89. The lowest BCUT2D eigenvalue weighted by atomic mass is 10.2. The van der Waals surface area contributed by atoms with Crippen molar-refractivity contribution in [2.24, 2.45) is 0 Å². The van der Waals surface area contributed by atoms with Gasteiger partial charge in [0, 0.05) is 41.5 Å². The Morgan fingerprint density at radius 3 is 2.38 bits per heavy atom. The van der Waals surface area contributed by atoms with Crippen molar-refractivity contribution in [2.75, 3.05) is 31.1 Å². The van der Waals surface area contributed by atoms with E-state index in [9.17, 15) is 0 Å². The minimum absolute atomic E-state index is 0.679. The van der Waals surface area contributed by atoms with Gasteiger partial charge >= 0.3 is 0 Å². The Kier molecular flexibility index (Phi) is 4.08. The van der Waals surface area contributed by atoms with Crippen LogP contribution in [-0.2, 0) is 0 Å². The van der Waals surface area contributed by atoms with Gasteiger partial charge in [0.25, 0.3) is 0 Å². The van der Waals surface area contributed by atoms with Crippen LogP contribution in [0.4, 0.5) is 5.69 Å². The fourth-order valence-corrected chi connectivity index (χ4v) is 2.70. The fourth-order valence-electron chi connectivity index (χ4n) is 2.17. The average Bonchev–Trinajstić information content (AvgIpc) is 2.29. The van der Waals surface area contributed by atoms with Crippen LogP contribution in [0.2, 0.25) is 0 Å². The summed E-state index contributed by atoms with van der Waals surface area (Å²) in [6.07, 6.45) is 0. The van der Waals surface area contributed by atoms with Gasteiger partial charge in [0.05, 0.1) is 0 Å². The molecule has 0 radical (unpaired) electrons. The van der Waals surface area contributed by atoms with E-state index in [0.29, 0.717) is 6.04 Å². The van der Waals surface area contributed by atoms with Gasteiger partial charge in [0.1, 0.15) is 0 Å². The largest absolute Gasteiger partial charge is 0.369 e. The summed E-state index contributed by atoms with van der Waals surface area (Å²) in [4.78, 5) is 5.03. The highest BCUT2D eigenvalue weighted by Gasteiger charge is 2.18. The van der Waals surface area contributed by atoms with Gasteiger partial charge in [-0.3, -0.25) is 4.90 Å². The Morgan fingerprint density at radius 2 is 1.81 bits per heavy atom. The predicted molar refractivity (Wildman–Crippen MR) is 78.1 cm³/mol. The molecule has 0 spiro atoms. The molecule has 1 aromatic carbocycles. The maximum Gasteiger partial charge on any atom is 0.0377 e. The first-order valence-electron chi connectivity index (χ1n) is 5.91. The zero-order valence-corrected chi connectivity index (χ0v) is 12.1. The lowest BCUT2D eigenvalue weighted by molar-refractivity contribution is 0.209. The number of benzene rings is 1. The first kappa shape index (κ1) is 12.2. The second-order valence-corrected chi connectivity index (χ2v) is 5.84. The van der Waals surface area contributed by atoms with Crippen molar-refractivity contribution in [3.63, 3.8) is 0 Å². The minimum Gasteiger partial charge on any atom is -0.369 e. The molecule has 1 aliphatic heterocycles. The van der Waals surface area contributed by atoms with Gasteiger partial charge in [-0.05, 0) is 54.6 Å². The lowest BCUT2D eigenvalue weighted by Gasteiger charge is -2.38. The van der Waals surface area contributed by atoms with E-state index in [0.717, 1.165) is 13.1 Å². The van der Waals surface area contributed by atoms with Gasteiger partial charge < -0.3 is 4.90 Å². The number of nitrogens with zero attached hydrogens (tertiary/aromatic N) is 2. The maximum atomic E-state index is 2.55. The molecule has 0 N–H and O–H groups in total. The average molecular weight is 330 g/mol. The number of piperazine rings is 1. The van der Waals surface area contributed by atoms with Crippen LogP contribution < -0.4 is 4.90 Å². The summed E-state index contributed by atoms with van der Waals surface area (Å²) in [7, 11) is 0. The van der Waals surface area contributed by atoms with E-state index in [1.807, 2.05) is 0 Å². The number of hydrogen-bond donors (Lipinski definition) is 0. The van der Waals surface area contributed by atoms with Gasteiger partial charge in [0.2, 0.25) is 0 Å². The van der Waals surface area contributed by atoms with Gasteiger partial charge in [-0.2, -0.15) is 0 Å². The first-order valence-corrected chi connectivity index (χ1v) is 6.99. The standard InChI is InChI=1S/C13H19IN2/c1-11(2)15-6-8-16(9-7-15)13-5-3-4-12(14)10-13/h3-5,10-11H,6-9H2,1-2H3. The Bertz CT molecular complexity index is 344. The molecule has 16 heavy (non-hydrogen) atoms. The molecule has 2 nitrogen and oxygen atoms in total. The van der Waals surface area contributed by atoms with Gasteiger partial charge in [-0.1, -0.05) is 6.07 Å². The van der Waals surface area contributed by atoms with E-state index in [1.165, 1.54) is 22.3 Å². The number of hydrogen-bond acceptors (Lipinski definition) is 2. The van der Waals surface area contributed by atoms with E-state index in [1.54, 1.807) is 0 Å². The number of anilines is 1. The second kappa shape index (κ2) is 5.36. The summed E-state index contributed by atoms with van der Waals surface area (Å²) in [5.41, 5.74) is 1.37. The molecule has 3 heteroatoms. The van der Waals surface area contributed by atoms with Crippen molar-refractivity contribution in [1.82, 2.24) is 4.90 Å². The van der Waals surface area contributed by atoms with Crippen LogP contribution in [0.5, 0.6) is 0 Å². The Hall–Kier alpha value is -0.290. The molecule has 1 aliphatic rings. The van der Waals surface area contributed by atoms with Crippen LogP contribution in [0.25, 0.3) is 0 Å². The molecule has 0 bridgehead atoms. The summed E-state index contributed by atoms with van der Waals surface area (Å²) in [6, 6.07) is 9.46. The van der Waals surface area contributed by atoms with Crippen LogP contribution in [-0.4, -0.2) is 37.1 Å². The summed E-state index contributed by atoms with van der Waals surface area (Å²) in [5.74, 6) is 0. The van der Waals surface area contributed by atoms with Crippen molar-refractivity contribution >= 4 is 28.3 Å². The van der Waals surface area contributed by atoms with E-state index >= 15 is 0 Å². The topological polar surface area (TPSA) is 6.48 Å². The molecule has 0 aliphatic carbocycles. The predicted octanol–water partition coefficient (Wildman–Crippen LogP) is 2.82. The van der Waals surface area contributed by atoms with Gasteiger partial charge in [-0.25, -0.2) is 0 Å². The van der Waals surface area contributed by atoms with Crippen LogP contribution in [0.3, 0.4) is 0 Å². The van der Waals surface area contributed by atoms with Gasteiger partial charge in [-0.15, -0.1) is 0 Å². The Balaban J connectivity index is 1.99. The van der Waals surface area contributed by atoms with Crippen molar-refractivity contribution in [2.45, 2.75) is 19.9 Å². The van der Waals surface area contributed by atoms with E-state index in [-0.39, 0.29) is 0 Å². The van der Waals surface area contributed by atoms with E-state index in [2.05, 4.69) is 70.5 Å². The van der Waals surface area contributed by atoms with E-state index in [4.69, 9.17) is 0 Å². The first-order chi connectivity index (χ1) is 7.66. The molecule has 0 saturated carbocycles. The van der Waals surface area contributed by atoms with Crippen molar-refractivity contribution in [1.29, 1.82) is 0 Å². The summed E-state index contributed by atoms with van der Waals surface area (Å²) in [5, 5.41) is 0. The summed E-state index contributed by atoms with van der Waals surface area (Å²) >= 11 is 2.38. The molecule has 1 heterocycles. The molecule has 1 aromatic rings. The molecule has 0 aromatic heterocycles. The molecular weight excluding hydrogens is 311 g/mol. The van der Waals surface area contributed by atoms with Crippen LogP contribution in [0.1, 0.15) is 13.8 Å². The zero-order valence-electron chi connectivity index (χ0n) is 9.99. The van der Waals surface area contributed by atoms with E-state index < -0.39 is 0 Å². The molecule has 1 fully saturated rings. The third kappa shape index (κ3) is 2.88. The molecule has 0 atom stereocenters. The quantitative estimate of drug-likeness (QED) is 0.770. The third-order valence-electron chi connectivity index (χ3n) is 3.22. The molecule has 0 unspecified atom stereocenters. The highest BCUT2D eigenvalue weighted by molar-refractivity contribution is 14.1. The molecule has 1 saturated heterocycles. The van der Waals surface area contributed by atoms with Crippen LogP contribution in [0, 0.1) is 3.57 Å². The van der Waals surface area contributed by atoms with Gasteiger partial charge in [0.15, 0.2) is 0 Å². The highest BCUT2D eigenvalue weighted by atomic mass is 127. The molecule has 88 valence electrons. The van der Waals surface area contributed by atoms with Crippen molar-refractivity contribution in [3.8, 4) is 0 Å². The molecule has 0 amide bonds. The second-order valence-electron chi connectivity index (χ2n) is 4.60.